The Labute approximate surface area is 125 Å². The van der Waals surface area contributed by atoms with Gasteiger partial charge in [0, 0.05) is 0 Å². The second-order valence-corrected chi connectivity index (χ2v) is 7.26. The lowest BCUT2D eigenvalue weighted by Crippen LogP contribution is -2.06. The van der Waals surface area contributed by atoms with E-state index in [0.29, 0.717) is 5.04 Å². The third-order valence-electron chi connectivity index (χ3n) is 3.28. The molecule has 0 bridgehead atoms. The minimum absolute atomic E-state index is 0.256. The summed E-state index contributed by atoms with van der Waals surface area (Å²) in [6.45, 7) is 1.93. The molecule has 1 aliphatic carbocycles. The van der Waals surface area contributed by atoms with Crippen LogP contribution in [0.2, 0.25) is 0 Å². The molecule has 0 atom stereocenters. The highest BCUT2D eigenvalue weighted by atomic mass is 32.2. The number of hydrogen-bond donors (Lipinski definition) is 0. The van der Waals surface area contributed by atoms with Gasteiger partial charge in [0.25, 0.3) is 10.0 Å². The first kappa shape index (κ1) is 15.3. The average molecular weight is 309 g/mol. The molecule has 0 heterocycles. The smallest absolute Gasteiger partial charge is 0.199 e. The molecular weight excluding hydrogens is 290 g/mol. The van der Waals surface area contributed by atoms with Crippen molar-refractivity contribution < 1.29 is 8.42 Å². The highest BCUT2D eigenvalue weighted by Gasteiger charge is 2.17. The van der Waals surface area contributed by atoms with Crippen LogP contribution in [0.15, 0.2) is 45.2 Å². The number of thioether (sulfide) groups is 1. The van der Waals surface area contributed by atoms with Gasteiger partial charge in [0.1, 0.15) is 5.04 Å². The molecule has 0 unspecified atom stereocenters. The van der Waals surface area contributed by atoms with Gasteiger partial charge in [-0.1, -0.05) is 23.8 Å². The van der Waals surface area contributed by atoms with Crippen LogP contribution in [0.1, 0.15) is 31.2 Å². The summed E-state index contributed by atoms with van der Waals surface area (Å²) in [5, 5.41) is 0.630. The minimum Gasteiger partial charge on any atom is -0.199 e. The number of aryl methyl sites for hydroxylation is 1. The van der Waals surface area contributed by atoms with Crippen LogP contribution in [0.4, 0.5) is 0 Å². The molecule has 0 aliphatic heterocycles. The summed E-state index contributed by atoms with van der Waals surface area (Å²) in [5.41, 5.74) is 2.10. The van der Waals surface area contributed by atoms with E-state index in [1.165, 1.54) is 18.2 Å². The number of hydrogen-bond acceptors (Lipinski definition) is 3. The van der Waals surface area contributed by atoms with Crippen LogP contribution in [-0.2, 0) is 10.0 Å². The van der Waals surface area contributed by atoms with E-state index in [0.717, 1.165) is 30.4 Å². The predicted molar refractivity (Wildman–Crippen MR) is 85.9 cm³/mol. The second-order valence-electron chi connectivity index (χ2n) is 4.86. The molecule has 0 N–H and O–H groups in total. The number of nitrogens with zero attached hydrogens (tertiary/aromatic N) is 1. The normalized spacial score (nSPS) is 16.9. The Bertz CT molecular complexity index is 628. The first-order chi connectivity index (χ1) is 9.53. The Kier molecular flexibility index (Phi) is 5.05. The van der Waals surface area contributed by atoms with E-state index in [-0.39, 0.29) is 4.90 Å². The van der Waals surface area contributed by atoms with Crippen molar-refractivity contribution in [2.45, 2.75) is 37.5 Å². The summed E-state index contributed by atoms with van der Waals surface area (Å²) in [6.07, 6.45) is 8.21. The van der Waals surface area contributed by atoms with Gasteiger partial charge in [0.2, 0.25) is 0 Å². The maximum absolute atomic E-state index is 12.3. The van der Waals surface area contributed by atoms with Crippen molar-refractivity contribution in [1.29, 1.82) is 0 Å². The van der Waals surface area contributed by atoms with Crippen LogP contribution < -0.4 is 0 Å². The molecule has 0 aromatic heterocycles. The molecule has 20 heavy (non-hydrogen) atoms. The largest absolute Gasteiger partial charge is 0.283 e. The van der Waals surface area contributed by atoms with E-state index >= 15 is 0 Å². The minimum atomic E-state index is -3.61. The molecule has 0 radical (unpaired) electrons. The molecule has 1 aromatic rings. The maximum Gasteiger partial charge on any atom is 0.283 e. The second kappa shape index (κ2) is 6.59. The topological polar surface area (TPSA) is 46.5 Å². The van der Waals surface area contributed by atoms with Crippen LogP contribution in [0, 0.1) is 6.92 Å². The van der Waals surface area contributed by atoms with E-state index in [9.17, 15) is 8.42 Å². The summed E-state index contributed by atoms with van der Waals surface area (Å²) in [5.74, 6) is 0. The zero-order valence-electron chi connectivity index (χ0n) is 11.8. The lowest BCUT2D eigenvalue weighted by Gasteiger charge is -2.13. The maximum atomic E-state index is 12.3. The first-order valence-electron chi connectivity index (χ1n) is 6.68. The van der Waals surface area contributed by atoms with Crippen molar-refractivity contribution in [1.82, 2.24) is 0 Å². The molecule has 108 valence electrons. The number of allylic oxidation sites excluding steroid dienone is 1. The van der Waals surface area contributed by atoms with Crippen LogP contribution in [0.5, 0.6) is 0 Å². The molecule has 0 saturated carbocycles. The zero-order chi connectivity index (χ0) is 14.6. The van der Waals surface area contributed by atoms with E-state index in [1.807, 2.05) is 13.2 Å². The van der Waals surface area contributed by atoms with E-state index in [4.69, 9.17) is 0 Å². The molecular formula is C15H19NO2S2. The van der Waals surface area contributed by atoms with Gasteiger partial charge in [-0.3, -0.25) is 0 Å². The van der Waals surface area contributed by atoms with E-state index < -0.39 is 10.0 Å². The van der Waals surface area contributed by atoms with Gasteiger partial charge in [-0.15, -0.1) is 11.8 Å². The van der Waals surface area contributed by atoms with Gasteiger partial charge in [-0.05, 0) is 56.6 Å². The summed E-state index contributed by atoms with van der Waals surface area (Å²) < 4.78 is 28.7. The summed E-state index contributed by atoms with van der Waals surface area (Å²) in [4.78, 5) is 0.256. The number of sulfonamides is 1. The molecule has 0 spiro atoms. The zero-order valence-corrected chi connectivity index (χ0v) is 13.4. The lowest BCUT2D eigenvalue weighted by molar-refractivity contribution is 0.598. The monoisotopic (exact) mass is 309 g/mol. The fourth-order valence-electron chi connectivity index (χ4n) is 2.13. The third kappa shape index (κ3) is 3.73. The van der Waals surface area contributed by atoms with Crippen LogP contribution >= 0.6 is 11.8 Å². The fourth-order valence-corrected chi connectivity index (χ4v) is 4.09. The Morgan fingerprint density at radius 1 is 1.20 bits per heavy atom. The molecule has 3 nitrogen and oxygen atoms in total. The Hall–Kier alpha value is -1.07. The molecule has 5 heteroatoms. The van der Waals surface area contributed by atoms with Crippen molar-refractivity contribution in [3.63, 3.8) is 0 Å². The van der Waals surface area contributed by atoms with Crippen molar-refractivity contribution in [3.05, 3.63) is 41.5 Å². The first-order valence-corrected chi connectivity index (χ1v) is 9.34. The highest BCUT2D eigenvalue weighted by molar-refractivity contribution is 8.14. The van der Waals surface area contributed by atoms with Crippen LogP contribution in [0.3, 0.4) is 0 Å². The van der Waals surface area contributed by atoms with Gasteiger partial charge in [0.05, 0.1) is 4.90 Å². The predicted octanol–water partition coefficient (Wildman–Crippen LogP) is 3.95. The third-order valence-corrected chi connectivity index (χ3v) is 5.43. The molecule has 0 saturated heterocycles. The quantitative estimate of drug-likeness (QED) is 0.627. The molecule has 0 amide bonds. The average Bonchev–Trinajstić information content (AvgIpc) is 2.46. The molecule has 1 aliphatic rings. The van der Waals surface area contributed by atoms with Gasteiger partial charge in [-0.25, -0.2) is 0 Å². The Morgan fingerprint density at radius 2 is 1.90 bits per heavy atom. The van der Waals surface area contributed by atoms with Crippen molar-refractivity contribution in [3.8, 4) is 0 Å². The van der Waals surface area contributed by atoms with E-state index in [1.54, 1.807) is 24.3 Å². The van der Waals surface area contributed by atoms with Crippen molar-refractivity contribution in [2.75, 3.05) is 6.26 Å². The van der Waals surface area contributed by atoms with Gasteiger partial charge < -0.3 is 0 Å². The van der Waals surface area contributed by atoms with Gasteiger partial charge >= 0.3 is 0 Å². The van der Waals surface area contributed by atoms with E-state index in [2.05, 4.69) is 10.5 Å². The fraction of sp³-hybridized carbons (Fsp3) is 0.400. The Balaban J connectivity index is 2.35. The molecule has 0 fully saturated rings. The van der Waals surface area contributed by atoms with Gasteiger partial charge in [0.15, 0.2) is 0 Å². The Morgan fingerprint density at radius 3 is 2.45 bits per heavy atom. The number of benzene rings is 1. The molecule has 1 aromatic carbocycles. The van der Waals surface area contributed by atoms with Crippen LogP contribution in [-0.4, -0.2) is 19.7 Å². The summed E-state index contributed by atoms with van der Waals surface area (Å²) in [7, 11) is -3.61. The summed E-state index contributed by atoms with van der Waals surface area (Å²) in [6, 6.07) is 6.81. The number of rotatable bonds is 3. The summed E-state index contributed by atoms with van der Waals surface area (Å²) >= 11 is 1.40. The SMILES string of the molecule is CS/C(=N\S(=O)(=O)c1ccc(C)cc1)C1=CCCCC1. The lowest BCUT2D eigenvalue weighted by atomic mass is 10.0. The van der Waals surface area contributed by atoms with Gasteiger partial charge in [-0.2, -0.15) is 12.8 Å². The van der Waals surface area contributed by atoms with Crippen LogP contribution in [0.25, 0.3) is 0 Å². The standard InChI is InChI=1S/C15H19NO2S2/c1-12-8-10-14(11-9-12)20(17,18)16-15(19-2)13-6-4-3-5-7-13/h6,8-11H,3-5,7H2,1-2H3/b16-15-. The van der Waals surface area contributed by atoms with Crippen molar-refractivity contribution >= 4 is 26.8 Å². The van der Waals surface area contributed by atoms with Crippen molar-refractivity contribution in [2.24, 2.45) is 4.40 Å². The highest BCUT2D eigenvalue weighted by Crippen LogP contribution is 2.25. The molecule has 2 rings (SSSR count).